The van der Waals surface area contributed by atoms with Gasteiger partial charge in [-0.25, -0.2) is 0 Å². The van der Waals surface area contributed by atoms with E-state index >= 15 is 0 Å². The van der Waals surface area contributed by atoms with Gasteiger partial charge in [0, 0.05) is 11.6 Å². The van der Waals surface area contributed by atoms with E-state index in [2.05, 4.69) is 11.0 Å². The molecule has 5 rings (SSSR count). The van der Waals surface area contributed by atoms with E-state index in [0.29, 0.717) is 17.9 Å². The Hall–Kier alpha value is -1.85. The van der Waals surface area contributed by atoms with Gasteiger partial charge in [0.25, 0.3) is 0 Å². The third-order valence-electron chi connectivity index (χ3n) is 6.91. The van der Waals surface area contributed by atoms with Gasteiger partial charge in [-0.05, 0) is 57.1 Å². The molecule has 1 fully saturated rings. The van der Waals surface area contributed by atoms with Gasteiger partial charge in [-0.2, -0.15) is 0 Å². The van der Waals surface area contributed by atoms with Crippen molar-refractivity contribution in [2.45, 2.75) is 42.4 Å². The number of likely N-dealkylation sites (N-methyl/N-ethyl adjacent to an activating group) is 1. The molecule has 4 aliphatic rings. The molecule has 0 amide bonds. The molecule has 1 spiro atoms. The second-order valence-electron chi connectivity index (χ2n) is 7.65. The molecular formula is C19H21NO4. The Morgan fingerprint density at radius 3 is 2.96 bits per heavy atom. The van der Waals surface area contributed by atoms with E-state index in [1.165, 1.54) is 6.08 Å². The van der Waals surface area contributed by atoms with Crippen molar-refractivity contribution in [1.29, 1.82) is 0 Å². The Labute approximate surface area is 140 Å². The summed E-state index contributed by atoms with van der Waals surface area (Å²) >= 11 is 0. The summed E-state index contributed by atoms with van der Waals surface area (Å²) in [5.74, 6) is 1.18. The number of nitrogens with zero attached hydrogens (tertiary/aromatic N) is 1. The maximum atomic E-state index is 12.9. The average Bonchev–Trinajstić information content (AvgIpc) is 2.84. The van der Waals surface area contributed by atoms with Crippen molar-refractivity contribution in [3.63, 3.8) is 0 Å². The van der Waals surface area contributed by atoms with Crippen molar-refractivity contribution < 1.29 is 19.4 Å². The van der Waals surface area contributed by atoms with E-state index in [1.54, 1.807) is 13.2 Å². The van der Waals surface area contributed by atoms with Crippen molar-refractivity contribution in [1.82, 2.24) is 4.90 Å². The minimum absolute atomic E-state index is 0.0645. The highest BCUT2D eigenvalue weighted by Gasteiger charge is 2.76. The lowest BCUT2D eigenvalue weighted by Crippen LogP contribution is -2.78. The maximum absolute atomic E-state index is 12.9. The van der Waals surface area contributed by atoms with Crippen LogP contribution in [0.3, 0.4) is 0 Å². The van der Waals surface area contributed by atoms with Crippen molar-refractivity contribution in [2.75, 3.05) is 20.7 Å². The predicted octanol–water partition coefficient (Wildman–Crippen LogP) is 1.21. The summed E-state index contributed by atoms with van der Waals surface area (Å²) in [6.45, 7) is 2.66. The van der Waals surface area contributed by atoms with Gasteiger partial charge >= 0.3 is 0 Å². The van der Waals surface area contributed by atoms with Crippen molar-refractivity contribution in [3.8, 4) is 11.5 Å². The highest BCUT2D eigenvalue weighted by atomic mass is 16.5. The molecule has 1 aromatic carbocycles. The highest BCUT2D eigenvalue weighted by Crippen LogP contribution is 2.67. The van der Waals surface area contributed by atoms with E-state index in [-0.39, 0.29) is 11.8 Å². The molecule has 5 nitrogen and oxygen atoms in total. The van der Waals surface area contributed by atoms with Crippen LogP contribution in [0.1, 0.15) is 24.5 Å². The molecule has 0 saturated carbocycles. The number of likely N-dealkylation sites (tertiary alicyclic amines) is 1. The predicted molar refractivity (Wildman–Crippen MR) is 87.5 cm³/mol. The fourth-order valence-corrected chi connectivity index (χ4v) is 5.70. The normalized spacial score (nSPS) is 41.8. The quantitative estimate of drug-likeness (QED) is 0.840. The van der Waals surface area contributed by atoms with Crippen LogP contribution in [-0.2, 0) is 16.6 Å². The van der Waals surface area contributed by atoms with Gasteiger partial charge < -0.3 is 14.6 Å². The van der Waals surface area contributed by atoms with Crippen LogP contribution < -0.4 is 9.47 Å². The number of carbonyl (C=O) groups excluding carboxylic acids is 1. The molecule has 126 valence electrons. The van der Waals surface area contributed by atoms with Crippen molar-refractivity contribution >= 4 is 5.78 Å². The summed E-state index contributed by atoms with van der Waals surface area (Å²) in [5, 5.41) is 11.8. The summed E-state index contributed by atoms with van der Waals surface area (Å²) in [5.41, 5.74) is -0.830. The van der Waals surface area contributed by atoms with E-state index in [0.717, 1.165) is 24.1 Å². The third kappa shape index (κ3) is 1.21. The van der Waals surface area contributed by atoms with Crippen LogP contribution in [0.4, 0.5) is 0 Å². The molecule has 1 aromatic rings. The molecule has 2 heterocycles. The minimum Gasteiger partial charge on any atom is -0.493 e. The summed E-state index contributed by atoms with van der Waals surface area (Å²) in [6, 6.07) is 3.90. The van der Waals surface area contributed by atoms with E-state index < -0.39 is 16.6 Å². The van der Waals surface area contributed by atoms with Gasteiger partial charge in [0.15, 0.2) is 22.9 Å². The second kappa shape index (κ2) is 4.03. The molecule has 24 heavy (non-hydrogen) atoms. The molecule has 0 radical (unpaired) electrons. The zero-order chi connectivity index (χ0) is 16.9. The Kier molecular flexibility index (Phi) is 2.43. The fourth-order valence-electron chi connectivity index (χ4n) is 5.70. The summed E-state index contributed by atoms with van der Waals surface area (Å²) in [6.07, 6.45) is 4.64. The topological polar surface area (TPSA) is 59.0 Å². The highest BCUT2D eigenvalue weighted by molar-refractivity contribution is 6.02. The van der Waals surface area contributed by atoms with Crippen LogP contribution in [0.2, 0.25) is 0 Å². The number of benzene rings is 1. The van der Waals surface area contributed by atoms with Crippen LogP contribution in [0.5, 0.6) is 11.5 Å². The van der Waals surface area contributed by atoms with E-state index in [9.17, 15) is 9.90 Å². The fraction of sp³-hybridized carbons (Fsp3) is 0.526. The Morgan fingerprint density at radius 1 is 1.42 bits per heavy atom. The van der Waals surface area contributed by atoms with E-state index in [4.69, 9.17) is 9.47 Å². The maximum Gasteiger partial charge on any atom is 0.199 e. The first-order valence-corrected chi connectivity index (χ1v) is 8.45. The number of methoxy groups -OCH3 is 1. The number of piperidine rings is 1. The lowest BCUT2D eigenvalue weighted by Gasteiger charge is -2.62. The smallest absolute Gasteiger partial charge is 0.199 e. The molecule has 2 aliphatic carbocycles. The lowest BCUT2D eigenvalue weighted by molar-refractivity contribution is -0.172. The van der Waals surface area contributed by atoms with Crippen LogP contribution >= 0.6 is 0 Å². The molecule has 1 N–H and O–H groups in total. The zero-order valence-electron chi connectivity index (χ0n) is 14.1. The minimum atomic E-state index is -1.12. The van der Waals surface area contributed by atoms with Crippen molar-refractivity contribution in [2.24, 2.45) is 0 Å². The molecule has 1 saturated heterocycles. The molecule has 4 atom stereocenters. The SMILES string of the molecule is COc1ccc2c3c1O[C@@]1(C)C(=O)C=CC4(O)[C@@H](C2)N(C)CC[C@@]341. The first kappa shape index (κ1) is 14.5. The largest absolute Gasteiger partial charge is 0.493 e. The zero-order valence-corrected chi connectivity index (χ0v) is 14.1. The second-order valence-corrected chi connectivity index (χ2v) is 7.65. The number of ketones is 1. The summed E-state index contributed by atoms with van der Waals surface area (Å²) in [4.78, 5) is 15.1. The van der Waals surface area contributed by atoms with Gasteiger partial charge in [-0.15, -0.1) is 0 Å². The van der Waals surface area contributed by atoms with Crippen LogP contribution in [0, 0.1) is 0 Å². The first-order chi connectivity index (χ1) is 11.4. The van der Waals surface area contributed by atoms with Crippen LogP contribution in [0.15, 0.2) is 24.3 Å². The monoisotopic (exact) mass is 327 g/mol. The molecule has 0 aromatic heterocycles. The van der Waals surface area contributed by atoms with Gasteiger partial charge in [0.2, 0.25) is 0 Å². The number of hydrogen-bond acceptors (Lipinski definition) is 5. The molecule has 5 heteroatoms. The number of ether oxygens (including phenoxy) is 2. The summed E-state index contributed by atoms with van der Waals surface area (Å²) < 4.78 is 11.8. The average molecular weight is 327 g/mol. The molecule has 2 aliphatic heterocycles. The molecule has 1 unspecified atom stereocenters. The number of hydrogen-bond donors (Lipinski definition) is 1. The number of aliphatic hydroxyl groups is 1. The van der Waals surface area contributed by atoms with Gasteiger partial charge in [0.05, 0.1) is 12.5 Å². The Bertz CT molecular complexity index is 818. The first-order valence-electron chi connectivity index (χ1n) is 8.45. The van der Waals surface area contributed by atoms with Gasteiger partial charge in [-0.1, -0.05) is 6.07 Å². The summed E-state index contributed by atoms with van der Waals surface area (Å²) in [7, 11) is 3.65. The van der Waals surface area contributed by atoms with Gasteiger partial charge in [-0.3, -0.25) is 9.69 Å². The lowest BCUT2D eigenvalue weighted by atomic mass is 9.47. The standard InChI is InChI=1S/C19H21NO4/c1-17-14(21)6-7-19(22)13-10-11-4-5-12(23-3)16(24-17)15(11)18(17,19)8-9-20(13)2/h4-7,13,22H,8-10H2,1-3H3/t13-,17+,18+,19?/m1/s1. The Morgan fingerprint density at radius 2 is 2.21 bits per heavy atom. The van der Waals surface area contributed by atoms with Crippen molar-refractivity contribution in [3.05, 3.63) is 35.4 Å². The van der Waals surface area contributed by atoms with Crippen LogP contribution in [-0.4, -0.2) is 53.7 Å². The molecule has 2 bridgehead atoms. The van der Waals surface area contributed by atoms with E-state index in [1.807, 2.05) is 20.0 Å². The number of rotatable bonds is 1. The third-order valence-corrected chi connectivity index (χ3v) is 6.91. The van der Waals surface area contributed by atoms with Crippen LogP contribution in [0.25, 0.3) is 0 Å². The Balaban J connectivity index is 1.93. The number of carbonyl (C=O) groups is 1. The van der Waals surface area contributed by atoms with Gasteiger partial charge in [0.1, 0.15) is 5.60 Å². The molecular weight excluding hydrogens is 306 g/mol.